The molecule has 1 fully saturated rings. The summed E-state index contributed by atoms with van der Waals surface area (Å²) in [5, 5.41) is 6.16. The number of methoxy groups -OCH3 is 1. The molecule has 1 amide bonds. The second-order valence-corrected chi connectivity index (χ2v) is 4.38. The van der Waals surface area contributed by atoms with Crippen molar-refractivity contribution in [3.8, 4) is 0 Å². The van der Waals surface area contributed by atoms with Gasteiger partial charge in [-0.25, -0.2) is 0 Å². The molecule has 18 heavy (non-hydrogen) atoms. The van der Waals surface area contributed by atoms with E-state index in [9.17, 15) is 4.79 Å². The Morgan fingerprint density at radius 2 is 2.39 bits per heavy atom. The van der Waals surface area contributed by atoms with Crippen LogP contribution in [0.25, 0.3) is 0 Å². The Kier molecular flexibility index (Phi) is 10.3. The average Bonchev–Trinajstić information content (AvgIpc) is 2.37. The number of carbonyl (C=O) groups excluding carboxylic acids is 1. The highest BCUT2D eigenvalue weighted by atomic mass is 35.5. The van der Waals surface area contributed by atoms with Crippen LogP contribution in [0.2, 0.25) is 0 Å². The summed E-state index contributed by atoms with van der Waals surface area (Å²) in [7, 11) is 1.66. The van der Waals surface area contributed by atoms with Gasteiger partial charge in [-0.15, -0.1) is 12.4 Å². The Balaban J connectivity index is 0.00000289. The van der Waals surface area contributed by atoms with Crippen molar-refractivity contribution >= 4 is 18.3 Å². The standard InChI is InChI=1S/C12H24N2O3.ClH/c1-3-4-5-10(8-16-2)14-12(15)11-9-17-7-6-13-11;/h10-11,13H,3-9H2,1-2H3,(H,14,15);1H. The lowest BCUT2D eigenvalue weighted by Gasteiger charge is -2.25. The van der Waals surface area contributed by atoms with Crippen LogP contribution in [-0.4, -0.2) is 51.5 Å². The molecule has 108 valence electrons. The first kappa shape index (κ1) is 17.6. The van der Waals surface area contributed by atoms with Crippen molar-refractivity contribution < 1.29 is 14.3 Å². The number of rotatable bonds is 7. The van der Waals surface area contributed by atoms with E-state index in [1.54, 1.807) is 7.11 Å². The molecule has 0 bridgehead atoms. The number of ether oxygens (including phenoxy) is 2. The first-order valence-electron chi connectivity index (χ1n) is 6.38. The van der Waals surface area contributed by atoms with Gasteiger partial charge in [0.2, 0.25) is 5.91 Å². The molecular formula is C12H25ClN2O3. The minimum absolute atomic E-state index is 0. The second kappa shape index (κ2) is 10.6. The van der Waals surface area contributed by atoms with Crippen LogP contribution in [-0.2, 0) is 14.3 Å². The monoisotopic (exact) mass is 280 g/mol. The SMILES string of the molecule is CCCCC(COC)NC(=O)C1COCCN1.Cl. The van der Waals surface area contributed by atoms with Crippen LogP contribution in [0.3, 0.4) is 0 Å². The molecule has 1 aliphatic heterocycles. The normalized spacial score (nSPS) is 20.9. The van der Waals surface area contributed by atoms with Crippen molar-refractivity contribution in [1.29, 1.82) is 0 Å². The lowest BCUT2D eigenvalue weighted by molar-refractivity contribution is -0.127. The maximum Gasteiger partial charge on any atom is 0.239 e. The molecule has 2 atom stereocenters. The smallest absolute Gasteiger partial charge is 0.239 e. The van der Waals surface area contributed by atoms with Gasteiger partial charge < -0.3 is 20.1 Å². The third-order valence-electron chi connectivity index (χ3n) is 2.86. The quantitative estimate of drug-likeness (QED) is 0.721. The molecule has 0 saturated carbocycles. The number of morpholine rings is 1. The number of amides is 1. The first-order valence-corrected chi connectivity index (χ1v) is 6.38. The fourth-order valence-corrected chi connectivity index (χ4v) is 1.88. The van der Waals surface area contributed by atoms with Crippen LogP contribution in [0.5, 0.6) is 0 Å². The average molecular weight is 281 g/mol. The first-order chi connectivity index (χ1) is 8.27. The largest absolute Gasteiger partial charge is 0.383 e. The van der Waals surface area contributed by atoms with Gasteiger partial charge in [-0.1, -0.05) is 19.8 Å². The van der Waals surface area contributed by atoms with Crippen molar-refractivity contribution in [2.45, 2.75) is 38.3 Å². The zero-order valence-corrected chi connectivity index (χ0v) is 12.1. The summed E-state index contributed by atoms with van der Waals surface area (Å²) in [5.74, 6) is 0.0165. The molecule has 0 aromatic heterocycles. The molecule has 2 unspecified atom stereocenters. The third kappa shape index (κ3) is 6.54. The minimum atomic E-state index is -0.218. The molecular weight excluding hydrogens is 256 g/mol. The van der Waals surface area contributed by atoms with E-state index in [-0.39, 0.29) is 30.4 Å². The van der Waals surface area contributed by atoms with Crippen molar-refractivity contribution in [3.05, 3.63) is 0 Å². The highest BCUT2D eigenvalue weighted by Crippen LogP contribution is 2.02. The second-order valence-electron chi connectivity index (χ2n) is 4.38. The van der Waals surface area contributed by atoms with Gasteiger partial charge in [0.1, 0.15) is 6.04 Å². The van der Waals surface area contributed by atoms with Crippen LogP contribution in [0.15, 0.2) is 0 Å². The summed E-state index contributed by atoms with van der Waals surface area (Å²) in [6.45, 7) is 4.59. The van der Waals surface area contributed by atoms with E-state index < -0.39 is 0 Å². The molecule has 5 nitrogen and oxygen atoms in total. The summed E-state index contributed by atoms with van der Waals surface area (Å²) in [6.07, 6.45) is 3.19. The van der Waals surface area contributed by atoms with Crippen LogP contribution in [0, 0.1) is 0 Å². The third-order valence-corrected chi connectivity index (χ3v) is 2.86. The van der Waals surface area contributed by atoms with Crippen LogP contribution >= 0.6 is 12.4 Å². The number of hydrogen-bond donors (Lipinski definition) is 2. The van der Waals surface area contributed by atoms with E-state index in [1.807, 2.05) is 0 Å². The molecule has 0 radical (unpaired) electrons. The predicted molar refractivity (Wildman–Crippen MR) is 73.2 cm³/mol. The van der Waals surface area contributed by atoms with Crippen LogP contribution < -0.4 is 10.6 Å². The molecule has 0 spiro atoms. The van der Waals surface area contributed by atoms with E-state index in [0.29, 0.717) is 19.8 Å². The molecule has 1 rings (SSSR count). The summed E-state index contributed by atoms with van der Waals surface area (Å²) in [5.41, 5.74) is 0. The van der Waals surface area contributed by atoms with Crippen LogP contribution in [0.1, 0.15) is 26.2 Å². The van der Waals surface area contributed by atoms with E-state index in [2.05, 4.69) is 17.6 Å². The Bertz CT molecular complexity index is 223. The molecule has 1 aliphatic rings. The van der Waals surface area contributed by atoms with Gasteiger partial charge in [0, 0.05) is 13.7 Å². The van der Waals surface area contributed by atoms with Gasteiger partial charge in [-0.05, 0) is 6.42 Å². The van der Waals surface area contributed by atoms with Crippen molar-refractivity contribution in [2.24, 2.45) is 0 Å². The fourth-order valence-electron chi connectivity index (χ4n) is 1.88. The lowest BCUT2D eigenvalue weighted by Crippen LogP contribution is -2.54. The lowest BCUT2D eigenvalue weighted by atomic mass is 10.1. The van der Waals surface area contributed by atoms with Crippen molar-refractivity contribution in [3.63, 3.8) is 0 Å². The zero-order chi connectivity index (χ0) is 12.5. The van der Waals surface area contributed by atoms with E-state index >= 15 is 0 Å². The number of nitrogens with one attached hydrogen (secondary N) is 2. The Hall–Kier alpha value is -0.360. The molecule has 0 aromatic carbocycles. The Morgan fingerprint density at radius 1 is 1.61 bits per heavy atom. The van der Waals surface area contributed by atoms with Crippen molar-refractivity contribution in [2.75, 3.05) is 33.5 Å². The summed E-state index contributed by atoms with van der Waals surface area (Å²) >= 11 is 0. The maximum absolute atomic E-state index is 11.9. The molecule has 2 N–H and O–H groups in total. The number of carbonyl (C=O) groups is 1. The topological polar surface area (TPSA) is 59.6 Å². The fraction of sp³-hybridized carbons (Fsp3) is 0.917. The summed E-state index contributed by atoms with van der Waals surface area (Å²) in [6, 6.07) is -0.110. The number of halogens is 1. The van der Waals surface area contributed by atoms with E-state index in [0.717, 1.165) is 25.8 Å². The molecule has 1 saturated heterocycles. The predicted octanol–water partition coefficient (Wildman–Crippen LogP) is 0.718. The van der Waals surface area contributed by atoms with Gasteiger partial charge in [-0.2, -0.15) is 0 Å². The van der Waals surface area contributed by atoms with Gasteiger partial charge in [-0.3, -0.25) is 4.79 Å². The molecule has 0 aliphatic carbocycles. The number of hydrogen-bond acceptors (Lipinski definition) is 4. The van der Waals surface area contributed by atoms with Crippen LogP contribution in [0.4, 0.5) is 0 Å². The van der Waals surface area contributed by atoms with Crippen molar-refractivity contribution in [1.82, 2.24) is 10.6 Å². The van der Waals surface area contributed by atoms with Gasteiger partial charge in [0.25, 0.3) is 0 Å². The Labute approximate surface area is 115 Å². The van der Waals surface area contributed by atoms with E-state index in [4.69, 9.17) is 9.47 Å². The molecule has 1 heterocycles. The van der Waals surface area contributed by atoms with E-state index in [1.165, 1.54) is 0 Å². The minimum Gasteiger partial charge on any atom is -0.383 e. The highest BCUT2D eigenvalue weighted by molar-refractivity contribution is 5.85. The van der Waals surface area contributed by atoms with Gasteiger partial charge in [0.15, 0.2) is 0 Å². The van der Waals surface area contributed by atoms with Gasteiger partial charge in [0.05, 0.1) is 25.9 Å². The maximum atomic E-state index is 11.9. The van der Waals surface area contributed by atoms with Gasteiger partial charge >= 0.3 is 0 Å². The zero-order valence-electron chi connectivity index (χ0n) is 11.2. The highest BCUT2D eigenvalue weighted by Gasteiger charge is 2.23. The molecule has 0 aromatic rings. The molecule has 6 heteroatoms. The number of unbranched alkanes of at least 4 members (excludes halogenated alkanes) is 1. The summed E-state index contributed by atoms with van der Waals surface area (Å²) in [4.78, 5) is 11.9. The Morgan fingerprint density at radius 3 is 2.94 bits per heavy atom. The summed E-state index contributed by atoms with van der Waals surface area (Å²) < 4.78 is 10.4.